The number of nitrogens with one attached hydrogen (secondary N) is 1. The van der Waals surface area contributed by atoms with E-state index in [9.17, 15) is 18.4 Å². The van der Waals surface area contributed by atoms with Crippen molar-refractivity contribution in [3.8, 4) is 23.0 Å². The fraction of sp³-hybridized carbons (Fsp3) is 0.238. The SMILES string of the molecule is N#Cc1ccccc1-n1nc(-c2ccccc2C(F)(F)F)c2c1NCCCC2. The number of rotatable bonds is 2. The van der Waals surface area contributed by atoms with Gasteiger partial charge in [-0.25, -0.2) is 4.68 Å². The zero-order chi connectivity index (χ0) is 19.7. The van der Waals surface area contributed by atoms with Crippen LogP contribution >= 0.6 is 0 Å². The van der Waals surface area contributed by atoms with E-state index in [0.717, 1.165) is 24.5 Å². The van der Waals surface area contributed by atoms with Gasteiger partial charge in [0.1, 0.15) is 11.9 Å². The van der Waals surface area contributed by atoms with Crippen molar-refractivity contribution in [2.45, 2.75) is 25.4 Å². The van der Waals surface area contributed by atoms with E-state index in [-0.39, 0.29) is 5.56 Å². The Morgan fingerprint density at radius 1 is 1.04 bits per heavy atom. The zero-order valence-corrected chi connectivity index (χ0v) is 14.9. The Kier molecular flexibility index (Phi) is 4.55. The van der Waals surface area contributed by atoms with Gasteiger partial charge in [0.2, 0.25) is 0 Å². The van der Waals surface area contributed by atoms with Crippen LogP contribution in [0.15, 0.2) is 48.5 Å². The highest BCUT2D eigenvalue weighted by Crippen LogP contribution is 2.41. The highest BCUT2D eigenvalue weighted by atomic mass is 19.4. The molecule has 3 aromatic rings. The highest BCUT2D eigenvalue weighted by Gasteiger charge is 2.35. The van der Waals surface area contributed by atoms with Gasteiger partial charge in [-0.15, -0.1) is 0 Å². The van der Waals surface area contributed by atoms with Crippen molar-refractivity contribution >= 4 is 5.82 Å². The molecule has 0 saturated heterocycles. The molecule has 4 rings (SSSR count). The molecule has 4 nitrogen and oxygen atoms in total. The van der Waals surface area contributed by atoms with Crippen molar-refractivity contribution in [1.29, 1.82) is 5.26 Å². The van der Waals surface area contributed by atoms with Crippen LogP contribution in [0.5, 0.6) is 0 Å². The molecular formula is C21H17F3N4. The minimum atomic E-state index is -4.48. The molecule has 1 aromatic heterocycles. The Balaban J connectivity index is 1.99. The molecule has 142 valence electrons. The largest absolute Gasteiger partial charge is 0.417 e. The van der Waals surface area contributed by atoms with E-state index < -0.39 is 11.7 Å². The summed E-state index contributed by atoms with van der Waals surface area (Å²) >= 11 is 0. The Hall–Kier alpha value is -3.27. The van der Waals surface area contributed by atoms with Crippen LogP contribution in [0.1, 0.15) is 29.5 Å². The van der Waals surface area contributed by atoms with Crippen LogP contribution in [-0.4, -0.2) is 16.3 Å². The predicted octanol–water partition coefficient (Wildman–Crippen LogP) is 5.18. The van der Waals surface area contributed by atoms with Crippen molar-refractivity contribution in [2.75, 3.05) is 11.9 Å². The van der Waals surface area contributed by atoms with Crippen LogP contribution < -0.4 is 5.32 Å². The monoisotopic (exact) mass is 382 g/mol. The molecule has 0 aliphatic carbocycles. The third-order valence-corrected chi connectivity index (χ3v) is 4.87. The Morgan fingerprint density at radius 2 is 1.79 bits per heavy atom. The summed E-state index contributed by atoms with van der Waals surface area (Å²) in [6, 6.07) is 14.6. The minimum absolute atomic E-state index is 0.0585. The maximum absolute atomic E-state index is 13.6. The van der Waals surface area contributed by atoms with Gasteiger partial charge in [0, 0.05) is 17.7 Å². The molecule has 28 heavy (non-hydrogen) atoms. The van der Waals surface area contributed by atoms with Crippen molar-refractivity contribution in [3.63, 3.8) is 0 Å². The highest BCUT2D eigenvalue weighted by molar-refractivity contribution is 5.74. The number of benzene rings is 2. The van der Waals surface area contributed by atoms with E-state index in [1.54, 1.807) is 35.0 Å². The Morgan fingerprint density at radius 3 is 2.57 bits per heavy atom. The molecule has 1 aliphatic heterocycles. The van der Waals surface area contributed by atoms with Crippen LogP contribution in [0.25, 0.3) is 16.9 Å². The number of nitriles is 1. The lowest BCUT2D eigenvalue weighted by atomic mass is 9.99. The third-order valence-electron chi connectivity index (χ3n) is 4.87. The van der Waals surface area contributed by atoms with Gasteiger partial charge < -0.3 is 5.32 Å². The number of hydrogen-bond acceptors (Lipinski definition) is 3. The minimum Gasteiger partial charge on any atom is -0.370 e. The summed E-state index contributed by atoms with van der Waals surface area (Å²) in [5.74, 6) is 0.659. The summed E-state index contributed by atoms with van der Waals surface area (Å²) in [4.78, 5) is 0. The number of hydrogen-bond donors (Lipinski definition) is 1. The fourth-order valence-electron chi connectivity index (χ4n) is 3.58. The second kappa shape index (κ2) is 7.04. The summed E-state index contributed by atoms with van der Waals surface area (Å²) < 4.78 is 42.4. The summed E-state index contributed by atoms with van der Waals surface area (Å²) in [6.07, 6.45) is -2.09. The molecule has 1 aliphatic rings. The van der Waals surface area contributed by atoms with E-state index >= 15 is 0 Å². The first-order valence-corrected chi connectivity index (χ1v) is 9.02. The molecule has 0 saturated carbocycles. The summed E-state index contributed by atoms with van der Waals surface area (Å²) in [5, 5.41) is 17.3. The maximum atomic E-state index is 13.6. The molecule has 0 radical (unpaired) electrons. The molecule has 0 amide bonds. The van der Waals surface area contributed by atoms with Crippen molar-refractivity contribution in [3.05, 3.63) is 65.2 Å². The van der Waals surface area contributed by atoms with Crippen LogP contribution in [0.4, 0.5) is 19.0 Å². The number of aromatic nitrogens is 2. The molecule has 7 heteroatoms. The topological polar surface area (TPSA) is 53.6 Å². The first-order valence-electron chi connectivity index (χ1n) is 9.02. The van der Waals surface area contributed by atoms with Crippen molar-refractivity contribution < 1.29 is 13.2 Å². The van der Waals surface area contributed by atoms with Crippen LogP contribution in [0.2, 0.25) is 0 Å². The number of alkyl halides is 3. The molecule has 0 atom stereocenters. The van der Waals surface area contributed by atoms with Gasteiger partial charge in [-0.3, -0.25) is 0 Å². The summed E-state index contributed by atoms with van der Waals surface area (Å²) in [7, 11) is 0. The lowest BCUT2D eigenvalue weighted by Crippen LogP contribution is -2.08. The van der Waals surface area contributed by atoms with Crippen LogP contribution in [-0.2, 0) is 12.6 Å². The zero-order valence-electron chi connectivity index (χ0n) is 14.9. The molecule has 2 heterocycles. The quantitative estimate of drug-likeness (QED) is 0.665. The lowest BCUT2D eigenvalue weighted by molar-refractivity contribution is -0.137. The second-order valence-corrected chi connectivity index (χ2v) is 6.64. The first kappa shape index (κ1) is 18.1. The predicted molar refractivity (Wildman–Crippen MR) is 100 cm³/mol. The van der Waals surface area contributed by atoms with E-state index in [1.165, 1.54) is 12.1 Å². The molecule has 0 bridgehead atoms. The molecule has 2 aromatic carbocycles. The van der Waals surface area contributed by atoms with E-state index in [1.807, 2.05) is 0 Å². The second-order valence-electron chi connectivity index (χ2n) is 6.64. The van der Waals surface area contributed by atoms with Crippen LogP contribution in [0.3, 0.4) is 0 Å². The van der Waals surface area contributed by atoms with Gasteiger partial charge >= 0.3 is 6.18 Å². The van der Waals surface area contributed by atoms with E-state index in [2.05, 4.69) is 16.5 Å². The van der Waals surface area contributed by atoms with Gasteiger partial charge in [0.25, 0.3) is 0 Å². The van der Waals surface area contributed by atoms with Gasteiger partial charge in [-0.1, -0.05) is 30.3 Å². The maximum Gasteiger partial charge on any atom is 0.417 e. The normalized spacial score (nSPS) is 13.9. The van der Waals surface area contributed by atoms with Gasteiger partial charge in [-0.05, 0) is 37.5 Å². The summed E-state index contributed by atoms with van der Waals surface area (Å²) in [6.45, 7) is 0.702. The van der Waals surface area contributed by atoms with Crippen LogP contribution in [0, 0.1) is 11.3 Å². The number of para-hydroxylation sites is 1. The van der Waals surface area contributed by atoms with Gasteiger partial charge in [0.15, 0.2) is 0 Å². The van der Waals surface area contributed by atoms with E-state index in [0.29, 0.717) is 35.7 Å². The van der Waals surface area contributed by atoms with Crippen molar-refractivity contribution in [2.24, 2.45) is 0 Å². The number of anilines is 1. The van der Waals surface area contributed by atoms with Crippen molar-refractivity contribution in [1.82, 2.24) is 9.78 Å². The van der Waals surface area contributed by atoms with Gasteiger partial charge in [0.05, 0.1) is 22.5 Å². The van der Waals surface area contributed by atoms with Gasteiger partial charge in [-0.2, -0.15) is 23.5 Å². The molecule has 0 fully saturated rings. The average molecular weight is 382 g/mol. The molecular weight excluding hydrogens is 365 g/mol. The van der Waals surface area contributed by atoms with E-state index in [4.69, 9.17) is 0 Å². The Bertz CT molecular complexity index is 1060. The standard InChI is InChI=1S/C21H17F3N4/c22-21(23,24)17-10-3-2-8-15(17)19-16-9-5-6-12-26-20(16)28(27-19)18-11-4-1-7-14(18)13-25/h1-4,7-8,10-11,26H,5-6,9,12H2. The average Bonchev–Trinajstić information content (AvgIpc) is 2.87. The lowest BCUT2D eigenvalue weighted by Gasteiger charge is -2.12. The fourth-order valence-corrected chi connectivity index (χ4v) is 3.58. The molecule has 1 N–H and O–H groups in total. The summed E-state index contributed by atoms with van der Waals surface area (Å²) in [5.41, 5.74) is 1.37. The number of nitrogens with zero attached hydrogens (tertiary/aromatic N) is 3. The third kappa shape index (κ3) is 3.11. The number of halogens is 3. The number of fused-ring (bicyclic) bond motifs is 1. The first-order chi connectivity index (χ1) is 13.5. The molecule has 0 spiro atoms. The molecule has 0 unspecified atom stereocenters. The smallest absolute Gasteiger partial charge is 0.370 e. The Labute approximate surface area is 160 Å².